The number of nitrogens with zero attached hydrogens (tertiary/aromatic N) is 4. The van der Waals surface area contributed by atoms with Gasteiger partial charge in [-0.3, -0.25) is 0 Å². The highest BCUT2D eigenvalue weighted by molar-refractivity contribution is 6.76. The highest BCUT2D eigenvalue weighted by atomic mass is 28.3. The van der Waals surface area contributed by atoms with Crippen LogP contribution in [0.3, 0.4) is 0 Å². The molecule has 30 heavy (non-hydrogen) atoms. The lowest BCUT2D eigenvalue weighted by Gasteiger charge is -2.32. The molecule has 0 radical (unpaired) electrons. The summed E-state index contributed by atoms with van der Waals surface area (Å²) < 4.78 is 23.5. The van der Waals surface area contributed by atoms with Crippen molar-refractivity contribution in [2.24, 2.45) is 0 Å². The summed E-state index contributed by atoms with van der Waals surface area (Å²) in [5.74, 6) is 0.474. The number of ether oxygens (including phenoxy) is 2. The number of aromatic nitrogens is 4. The van der Waals surface area contributed by atoms with Gasteiger partial charge < -0.3 is 18.8 Å². The molecule has 1 aliphatic rings. The summed E-state index contributed by atoms with van der Waals surface area (Å²) in [6.45, 7) is 16.1. The summed E-state index contributed by atoms with van der Waals surface area (Å²) in [7, 11) is -0.0386. The van der Waals surface area contributed by atoms with E-state index in [0.717, 1.165) is 23.7 Å². The molecule has 0 N–H and O–H groups in total. The van der Waals surface area contributed by atoms with Gasteiger partial charge in [0.2, 0.25) is 5.88 Å². The fraction of sp³-hybridized carbons (Fsp3) is 0.650. The van der Waals surface area contributed by atoms with Gasteiger partial charge in [-0.15, -0.1) is 0 Å². The minimum absolute atomic E-state index is 0.317. The molecule has 0 unspecified atom stereocenters. The summed E-state index contributed by atoms with van der Waals surface area (Å²) in [4.78, 5) is 5.98. The van der Waals surface area contributed by atoms with Gasteiger partial charge >= 0.3 is 7.12 Å². The average molecular weight is 432 g/mol. The van der Waals surface area contributed by atoms with Gasteiger partial charge in [0.1, 0.15) is 5.69 Å². The van der Waals surface area contributed by atoms with Gasteiger partial charge in [0.05, 0.1) is 30.1 Å². The number of methoxy groups -OCH3 is 1. The molecule has 2 aromatic rings. The van der Waals surface area contributed by atoms with E-state index >= 15 is 0 Å². The van der Waals surface area contributed by atoms with Gasteiger partial charge in [-0.1, -0.05) is 19.6 Å². The molecule has 0 saturated carbocycles. The average Bonchev–Trinajstić information content (AvgIpc) is 3.19. The van der Waals surface area contributed by atoms with Gasteiger partial charge in [-0.05, 0) is 39.8 Å². The van der Waals surface area contributed by atoms with E-state index in [1.165, 1.54) is 0 Å². The van der Waals surface area contributed by atoms with Gasteiger partial charge in [0.15, 0.2) is 6.73 Å². The Morgan fingerprint density at radius 1 is 1.10 bits per heavy atom. The molecule has 3 rings (SSSR count). The first-order chi connectivity index (χ1) is 13.9. The molecule has 0 amide bonds. The third kappa shape index (κ3) is 5.11. The van der Waals surface area contributed by atoms with E-state index in [0.29, 0.717) is 18.3 Å². The first kappa shape index (κ1) is 22.9. The third-order valence-corrected chi connectivity index (χ3v) is 7.31. The molecule has 2 aromatic heterocycles. The largest absolute Gasteiger partial charge is 0.496 e. The molecule has 3 heterocycles. The first-order valence-corrected chi connectivity index (χ1v) is 14.0. The predicted octanol–water partition coefficient (Wildman–Crippen LogP) is 2.96. The van der Waals surface area contributed by atoms with Crippen LogP contribution in [0.5, 0.6) is 5.88 Å². The Morgan fingerprint density at radius 2 is 1.77 bits per heavy atom. The summed E-state index contributed by atoms with van der Waals surface area (Å²) in [5, 5.41) is 8.86. The Morgan fingerprint density at radius 3 is 2.37 bits per heavy atom. The van der Waals surface area contributed by atoms with Crippen LogP contribution in [0.15, 0.2) is 18.5 Å². The van der Waals surface area contributed by atoms with Crippen LogP contribution in [-0.2, 0) is 20.8 Å². The lowest BCUT2D eigenvalue weighted by atomic mass is 9.79. The van der Waals surface area contributed by atoms with E-state index in [1.807, 2.05) is 33.8 Å². The van der Waals surface area contributed by atoms with Gasteiger partial charge in [0, 0.05) is 26.3 Å². The van der Waals surface area contributed by atoms with Crippen LogP contribution in [0.2, 0.25) is 25.7 Å². The van der Waals surface area contributed by atoms with Gasteiger partial charge in [-0.25, -0.2) is 4.98 Å². The molecule has 10 heteroatoms. The van der Waals surface area contributed by atoms with Crippen LogP contribution in [0.4, 0.5) is 0 Å². The second-order valence-corrected chi connectivity index (χ2v) is 15.5. The van der Waals surface area contributed by atoms with E-state index in [1.54, 1.807) is 24.3 Å². The molecular formula is C20H33BN4O4Si. The van der Waals surface area contributed by atoms with Crippen LogP contribution in [0.25, 0.3) is 11.3 Å². The lowest BCUT2D eigenvalue weighted by Crippen LogP contribution is -2.41. The van der Waals surface area contributed by atoms with E-state index in [2.05, 4.69) is 34.8 Å². The number of rotatable bonds is 8. The molecule has 1 saturated heterocycles. The number of pyridine rings is 1. The maximum atomic E-state index is 6.15. The zero-order chi connectivity index (χ0) is 22.2. The van der Waals surface area contributed by atoms with Crippen molar-refractivity contribution in [2.45, 2.75) is 71.3 Å². The second-order valence-electron chi connectivity index (χ2n) is 9.86. The second kappa shape index (κ2) is 8.41. The fourth-order valence-electron chi connectivity index (χ4n) is 2.93. The minimum atomic E-state index is -1.12. The van der Waals surface area contributed by atoms with Crippen molar-refractivity contribution in [3.05, 3.63) is 18.5 Å². The van der Waals surface area contributed by atoms with Crippen molar-refractivity contribution in [3.63, 3.8) is 0 Å². The summed E-state index contributed by atoms with van der Waals surface area (Å²) in [6.07, 6.45) is 3.41. The minimum Gasteiger partial charge on any atom is -0.481 e. The van der Waals surface area contributed by atoms with Gasteiger partial charge in [0.25, 0.3) is 0 Å². The monoisotopic (exact) mass is 432 g/mol. The standard InChI is InChI=1S/C20H33BN4O4Si/c1-19(2)20(3,4)29-21(28-19)15-11-16(18(26-5)22-12-15)17-13-23-25(24-17)14-27-9-10-30(6,7)8/h11-13H,9-10,14H2,1-8H3. The van der Waals surface area contributed by atoms with E-state index in [9.17, 15) is 0 Å². The SMILES string of the molecule is COc1ncc(B2OC(C)(C)C(C)(C)O2)cc1-c1cnn(COCC[Si](C)(C)C)n1. The van der Waals surface area contributed by atoms with Crippen LogP contribution in [0.1, 0.15) is 27.7 Å². The van der Waals surface area contributed by atoms with Crippen molar-refractivity contribution >= 4 is 20.7 Å². The molecule has 0 bridgehead atoms. The van der Waals surface area contributed by atoms with Crippen molar-refractivity contribution < 1.29 is 18.8 Å². The fourth-order valence-corrected chi connectivity index (χ4v) is 3.69. The summed E-state index contributed by atoms with van der Waals surface area (Å²) in [6, 6.07) is 3.05. The molecule has 8 nitrogen and oxygen atoms in total. The highest BCUT2D eigenvalue weighted by Crippen LogP contribution is 2.37. The molecular weight excluding hydrogens is 399 g/mol. The van der Waals surface area contributed by atoms with Crippen molar-refractivity contribution in [2.75, 3.05) is 13.7 Å². The van der Waals surface area contributed by atoms with Crippen molar-refractivity contribution in [1.29, 1.82) is 0 Å². The molecule has 0 atom stereocenters. The van der Waals surface area contributed by atoms with Crippen LogP contribution in [0, 0.1) is 0 Å². The first-order valence-electron chi connectivity index (χ1n) is 10.3. The zero-order valence-electron chi connectivity index (χ0n) is 19.4. The maximum Gasteiger partial charge on any atom is 0.496 e. The van der Waals surface area contributed by atoms with Crippen LogP contribution in [-0.4, -0.2) is 60.1 Å². The van der Waals surface area contributed by atoms with Crippen LogP contribution < -0.4 is 10.2 Å². The summed E-state index contributed by atoms with van der Waals surface area (Å²) in [5.41, 5.74) is 1.36. The molecule has 0 spiro atoms. The summed E-state index contributed by atoms with van der Waals surface area (Å²) >= 11 is 0. The molecule has 0 aliphatic carbocycles. The van der Waals surface area contributed by atoms with E-state index in [-0.39, 0.29) is 0 Å². The zero-order valence-corrected chi connectivity index (χ0v) is 20.4. The van der Waals surface area contributed by atoms with Crippen LogP contribution >= 0.6 is 0 Å². The van der Waals surface area contributed by atoms with E-state index < -0.39 is 26.4 Å². The number of hydrogen-bond donors (Lipinski definition) is 0. The quantitative estimate of drug-likeness (QED) is 0.469. The Labute approximate surface area is 180 Å². The molecule has 1 fully saturated rings. The highest BCUT2D eigenvalue weighted by Gasteiger charge is 2.52. The Kier molecular flexibility index (Phi) is 6.43. The maximum absolute atomic E-state index is 6.15. The van der Waals surface area contributed by atoms with Gasteiger partial charge in [-0.2, -0.15) is 15.0 Å². The van der Waals surface area contributed by atoms with Crippen molar-refractivity contribution in [3.8, 4) is 17.1 Å². The predicted molar refractivity (Wildman–Crippen MR) is 120 cm³/mol. The Hall–Kier alpha value is -1.75. The molecule has 164 valence electrons. The van der Waals surface area contributed by atoms with E-state index in [4.69, 9.17) is 18.8 Å². The molecule has 1 aliphatic heterocycles. The Balaban J connectivity index is 1.76. The third-order valence-electron chi connectivity index (χ3n) is 5.61. The lowest BCUT2D eigenvalue weighted by molar-refractivity contribution is 0.00578. The topological polar surface area (TPSA) is 80.5 Å². The Bertz CT molecular complexity index is 866. The molecule has 0 aromatic carbocycles. The van der Waals surface area contributed by atoms with Crippen molar-refractivity contribution in [1.82, 2.24) is 20.0 Å². The normalized spacial score (nSPS) is 18.1. The number of hydrogen-bond acceptors (Lipinski definition) is 7. The smallest absolute Gasteiger partial charge is 0.481 e.